The molecular formula is C42H48N6O4. The minimum absolute atomic E-state index is 0.168. The molecule has 10 nitrogen and oxygen atoms in total. The largest absolute Gasteiger partial charge is 0.496 e. The van der Waals surface area contributed by atoms with Gasteiger partial charge < -0.3 is 19.3 Å². The first-order valence-electron chi connectivity index (χ1n) is 18.2. The molecule has 0 atom stereocenters. The molecular weight excluding hydrogens is 652 g/mol. The number of benzene rings is 2. The summed E-state index contributed by atoms with van der Waals surface area (Å²) in [5.41, 5.74) is 11.2. The van der Waals surface area contributed by atoms with Crippen molar-refractivity contribution in [2.45, 2.75) is 40.8 Å². The Bertz CT molecular complexity index is 1900. The van der Waals surface area contributed by atoms with E-state index in [0.29, 0.717) is 5.88 Å². The lowest BCUT2D eigenvalue weighted by molar-refractivity contribution is -0.158. The topological polar surface area (TPSA) is 91.3 Å². The molecule has 2 spiro atoms. The molecule has 2 amide bonds. The molecule has 2 aromatic heterocycles. The molecule has 270 valence electrons. The highest BCUT2D eigenvalue weighted by molar-refractivity contribution is 5.82. The van der Waals surface area contributed by atoms with Crippen LogP contribution in [-0.2, 0) is 22.7 Å². The molecule has 2 aromatic carbocycles. The fraction of sp³-hybridized carbons (Fsp3) is 0.429. The van der Waals surface area contributed by atoms with Gasteiger partial charge in [-0.3, -0.25) is 24.4 Å². The summed E-state index contributed by atoms with van der Waals surface area (Å²) in [5.74, 6) is 1.85. The maximum Gasteiger partial charge on any atom is 0.219 e. The summed E-state index contributed by atoms with van der Waals surface area (Å²) in [6.45, 7) is 16.7. The molecule has 0 N–H and O–H groups in total. The second-order valence-electron chi connectivity index (χ2n) is 15.7. The van der Waals surface area contributed by atoms with Gasteiger partial charge in [-0.2, -0.15) is 0 Å². The first kappa shape index (κ1) is 34.3. The average molecular weight is 701 g/mol. The van der Waals surface area contributed by atoms with Crippen molar-refractivity contribution in [3.8, 4) is 45.3 Å². The summed E-state index contributed by atoms with van der Waals surface area (Å²) in [4.78, 5) is 41.9. The molecule has 0 aliphatic carbocycles. The lowest BCUT2D eigenvalue weighted by Crippen LogP contribution is -2.72. The summed E-state index contributed by atoms with van der Waals surface area (Å²) >= 11 is 0. The van der Waals surface area contributed by atoms with Gasteiger partial charge in [0, 0.05) is 119 Å². The Hall–Kier alpha value is -4.80. The van der Waals surface area contributed by atoms with Crippen LogP contribution in [0.25, 0.3) is 33.6 Å². The summed E-state index contributed by atoms with van der Waals surface area (Å²) in [6, 6.07) is 19.2. The van der Waals surface area contributed by atoms with E-state index >= 15 is 0 Å². The molecule has 4 aliphatic heterocycles. The van der Waals surface area contributed by atoms with Crippen molar-refractivity contribution in [1.29, 1.82) is 0 Å². The van der Waals surface area contributed by atoms with E-state index in [0.717, 1.165) is 127 Å². The molecule has 0 bridgehead atoms. The van der Waals surface area contributed by atoms with Gasteiger partial charge in [0.15, 0.2) is 0 Å². The number of likely N-dealkylation sites (tertiary alicyclic amines) is 4. The van der Waals surface area contributed by atoms with E-state index in [4.69, 9.17) is 19.4 Å². The zero-order chi connectivity index (χ0) is 36.4. The number of carbonyl (C=O) groups excluding carboxylic acids is 2. The van der Waals surface area contributed by atoms with Crippen LogP contribution in [0.1, 0.15) is 36.1 Å². The number of pyridine rings is 2. The van der Waals surface area contributed by atoms with Crippen LogP contribution in [0.15, 0.2) is 60.8 Å². The molecule has 6 heterocycles. The van der Waals surface area contributed by atoms with E-state index in [1.54, 1.807) is 28.1 Å². The maximum atomic E-state index is 11.7. The predicted molar refractivity (Wildman–Crippen MR) is 201 cm³/mol. The number of rotatable bonds is 9. The third-order valence-electron chi connectivity index (χ3n) is 11.8. The molecule has 0 unspecified atom stereocenters. The number of nitrogens with zero attached hydrogens (tertiary/aromatic N) is 6. The average Bonchev–Trinajstić information content (AvgIpc) is 3.06. The Kier molecular flexibility index (Phi) is 8.58. The van der Waals surface area contributed by atoms with Gasteiger partial charge in [0.1, 0.15) is 5.75 Å². The molecule has 52 heavy (non-hydrogen) atoms. The zero-order valence-corrected chi connectivity index (χ0v) is 31.2. The van der Waals surface area contributed by atoms with Crippen LogP contribution < -0.4 is 9.47 Å². The Morgan fingerprint density at radius 1 is 0.692 bits per heavy atom. The Balaban J connectivity index is 0.982. The fourth-order valence-electron chi connectivity index (χ4n) is 9.14. The molecule has 0 radical (unpaired) electrons. The smallest absolute Gasteiger partial charge is 0.219 e. The molecule has 4 fully saturated rings. The number of ether oxygens (including phenoxy) is 2. The van der Waals surface area contributed by atoms with E-state index in [1.807, 2.05) is 16.0 Å². The predicted octanol–water partition coefficient (Wildman–Crippen LogP) is 5.44. The van der Waals surface area contributed by atoms with Crippen LogP contribution in [0, 0.1) is 24.7 Å². The van der Waals surface area contributed by atoms with E-state index in [1.165, 1.54) is 0 Å². The Labute approximate surface area is 306 Å². The van der Waals surface area contributed by atoms with Crippen LogP contribution in [-0.4, -0.2) is 108 Å². The van der Waals surface area contributed by atoms with Crippen LogP contribution in [0.5, 0.6) is 11.6 Å². The summed E-state index contributed by atoms with van der Waals surface area (Å²) in [5, 5.41) is 0. The zero-order valence-electron chi connectivity index (χ0n) is 31.2. The molecule has 4 aliphatic rings. The SMILES string of the molecule is COc1cc(-c2nccc(-c3cccc(-c4ccc(CN5CC6(C5)CN(C(C)=O)C6)c(OC)n4)c3C)c2C)ccc1CN1CC2(C1)CN(C(C)=O)C2. The van der Waals surface area contributed by atoms with Crippen molar-refractivity contribution in [3.05, 3.63) is 83.0 Å². The van der Waals surface area contributed by atoms with E-state index in [-0.39, 0.29) is 22.6 Å². The number of hydrogen-bond acceptors (Lipinski definition) is 8. The molecule has 8 rings (SSSR count). The lowest BCUT2D eigenvalue weighted by Gasteiger charge is -2.60. The summed E-state index contributed by atoms with van der Waals surface area (Å²) < 4.78 is 11.7. The Morgan fingerprint density at radius 3 is 1.87 bits per heavy atom. The van der Waals surface area contributed by atoms with Crippen molar-refractivity contribution in [1.82, 2.24) is 29.6 Å². The van der Waals surface area contributed by atoms with Crippen LogP contribution in [0.3, 0.4) is 0 Å². The first-order valence-corrected chi connectivity index (χ1v) is 18.2. The van der Waals surface area contributed by atoms with Gasteiger partial charge >= 0.3 is 0 Å². The van der Waals surface area contributed by atoms with Crippen LogP contribution >= 0.6 is 0 Å². The van der Waals surface area contributed by atoms with Gasteiger partial charge in [0.05, 0.1) is 25.6 Å². The van der Waals surface area contributed by atoms with Crippen molar-refractivity contribution in [3.63, 3.8) is 0 Å². The lowest BCUT2D eigenvalue weighted by atomic mass is 9.72. The van der Waals surface area contributed by atoms with Gasteiger partial charge in [0.25, 0.3) is 0 Å². The minimum atomic E-state index is 0.168. The van der Waals surface area contributed by atoms with E-state index in [2.05, 4.69) is 78.2 Å². The molecule has 4 saturated heterocycles. The monoisotopic (exact) mass is 700 g/mol. The van der Waals surface area contributed by atoms with Crippen molar-refractivity contribution in [2.24, 2.45) is 10.8 Å². The fourth-order valence-corrected chi connectivity index (χ4v) is 9.14. The third kappa shape index (κ3) is 6.01. The molecule has 0 saturated carbocycles. The molecule has 10 heteroatoms. The Morgan fingerprint density at radius 2 is 1.27 bits per heavy atom. The van der Waals surface area contributed by atoms with E-state index < -0.39 is 0 Å². The summed E-state index contributed by atoms with van der Waals surface area (Å²) in [7, 11) is 3.42. The minimum Gasteiger partial charge on any atom is -0.496 e. The quantitative estimate of drug-likeness (QED) is 0.228. The second kappa shape index (κ2) is 13.0. The normalized spacial score (nSPS) is 18.7. The van der Waals surface area contributed by atoms with Crippen molar-refractivity contribution < 1.29 is 19.1 Å². The molecule has 4 aromatic rings. The highest BCUT2D eigenvalue weighted by Crippen LogP contribution is 2.43. The number of amides is 2. The highest BCUT2D eigenvalue weighted by atomic mass is 16.5. The van der Waals surface area contributed by atoms with E-state index in [9.17, 15) is 9.59 Å². The first-order chi connectivity index (χ1) is 25.0. The maximum absolute atomic E-state index is 11.7. The number of aromatic nitrogens is 2. The number of methoxy groups -OCH3 is 2. The van der Waals surface area contributed by atoms with Crippen LogP contribution in [0.2, 0.25) is 0 Å². The van der Waals surface area contributed by atoms with Crippen LogP contribution in [0.4, 0.5) is 0 Å². The van der Waals surface area contributed by atoms with Crippen molar-refractivity contribution in [2.75, 3.05) is 66.6 Å². The standard InChI is InChI=1S/C42H48N6O4/c1-27-34(8-7-9-36(27)37-13-12-33(40(44-37)52-6)18-46-21-42(22-46)25-48(26-42)30(4)50)35-14-15-43-39(28(35)2)31-10-11-32(38(16-31)51-5)17-45-19-41(20-45)23-47(24-41)29(3)49/h7-16H,17-26H2,1-6H3. The van der Waals surface area contributed by atoms with Gasteiger partial charge in [-0.25, -0.2) is 4.98 Å². The number of hydrogen-bond donors (Lipinski definition) is 0. The second-order valence-corrected chi connectivity index (χ2v) is 15.7. The summed E-state index contributed by atoms with van der Waals surface area (Å²) in [6.07, 6.45) is 1.89. The number of carbonyl (C=O) groups is 2. The highest BCUT2D eigenvalue weighted by Gasteiger charge is 2.53. The van der Waals surface area contributed by atoms with Gasteiger partial charge in [0.2, 0.25) is 17.7 Å². The third-order valence-corrected chi connectivity index (χ3v) is 11.8. The van der Waals surface area contributed by atoms with Gasteiger partial charge in [-0.15, -0.1) is 0 Å². The van der Waals surface area contributed by atoms with Crippen molar-refractivity contribution >= 4 is 11.8 Å². The van der Waals surface area contributed by atoms with Gasteiger partial charge in [-0.1, -0.05) is 36.4 Å². The van der Waals surface area contributed by atoms with Gasteiger partial charge in [-0.05, 0) is 54.3 Å².